The predicted octanol–water partition coefficient (Wildman–Crippen LogP) is 2.82. The van der Waals surface area contributed by atoms with Crippen molar-refractivity contribution < 1.29 is 14.6 Å². The number of carbonyl (C=O) groups excluding carboxylic acids is 1. The molecule has 0 aliphatic rings. The number of nitrogens with zero attached hydrogens (tertiary/aromatic N) is 1. The lowest BCUT2D eigenvalue weighted by Crippen LogP contribution is -2.17. The molecule has 2 rings (SSSR count). The van der Waals surface area contributed by atoms with Gasteiger partial charge in [0.25, 0.3) is 5.91 Å². The fourth-order valence-electron chi connectivity index (χ4n) is 1.65. The molecule has 2 N–H and O–H groups in total. The number of phenolic OH excluding ortho intramolecular Hbond substituents is 1. The molecule has 2 aromatic rings. The molecular formula is C15H13ClN2O3. The number of halogens is 1. The number of methoxy groups -OCH3 is 1. The van der Waals surface area contributed by atoms with Crippen LogP contribution in [0.4, 0.5) is 0 Å². The van der Waals surface area contributed by atoms with Crippen molar-refractivity contribution in [2.45, 2.75) is 0 Å². The molecule has 0 radical (unpaired) electrons. The van der Waals surface area contributed by atoms with Gasteiger partial charge in [-0.05, 0) is 35.9 Å². The lowest BCUT2D eigenvalue weighted by molar-refractivity contribution is 0.0952. The number of phenols is 1. The van der Waals surface area contributed by atoms with Gasteiger partial charge in [0, 0.05) is 0 Å². The molecule has 1 amide bonds. The van der Waals surface area contributed by atoms with E-state index in [-0.39, 0.29) is 11.3 Å². The number of benzene rings is 2. The van der Waals surface area contributed by atoms with Gasteiger partial charge >= 0.3 is 0 Å². The summed E-state index contributed by atoms with van der Waals surface area (Å²) in [5.41, 5.74) is 3.19. The molecule has 0 aromatic heterocycles. The van der Waals surface area contributed by atoms with Crippen LogP contribution in [0.3, 0.4) is 0 Å². The summed E-state index contributed by atoms with van der Waals surface area (Å²) in [7, 11) is 1.53. The third-order valence-corrected chi connectivity index (χ3v) is 3.00. The molecule has 0 aliphatic carbocycles. The molecule has 0 fully saturated rings. The molecule has 21 heavy (non-hydrogen) atoms. The summed E-state index contributed by atoms with van der Waals surface area (Å²) in [5, 5.41) is 13.8. The first-order valence-electron chi connectivity index (χ1n) is 6.06. The maximum absolute atomic E-state index is 11.8. The molecule has 0 heterocycles. The highest BCUT2D eigenvalue weighted by atomic mass is 35.5. The SMILES string of the molecule is COc1ccc(/C=N/NC(=O)c2ccccc2O)cc1Cl. The molecule has 6 heteroatoms. The molecular weight excluding hydrogens is 292 g/mol. The van der Waals surface area contributed by atoms with Crippen LogP contribution in [0.25, 0.3) is 0 Å². The van der Waals surface area contributed by atoms with Gasteiger partial charge in [0.2, 0.25) is 0 Å². The summed E-state index contributed by atoms with van der Waals surface area (Å²) in [6.07, 6.45) is 1.45. The van der Waals surface area contributed by atoms with Crippen molar-refractivity contribution in [2.24, 2.45) is 5.10 Å². The number of aromatic hydroxyl groups is 1. The number of nitrogens with one attached hydrogen (secondary N) is 1. The minimum Gasteiger partial charge on any atom is -0.507 e. The van der Waals surface area contributed by atoms with Crippen molar-refractivity contribution >= 4 is 23.7 Å². The third kappa shape index (κ3) is 3.73. The molecule has 0 atom stereocenters. The number of ether oxygens (including phenoxy) is 1. The number of rotatable bonds is 4. The van der Waals surface area contributed by atoms with Crippen LogP contribution < -0.4 is 10.2 Å². The molecule has 0 bridgehead atoms. The normalized spacial score (nSPS) is 10.6. The first-order chi connectivity index (χ1) is 10.1. The van der Waals surface area contributed by atoms with Gasteiger partial charge in [-0.25, -0.2) is 5.43 Å². The zero-order valence-corrected chi connectivity index (χ0v) is 12.0. The summed E-state index contributed by atoms with van der Waals surface area (Å²) in [6, 6.07) is 11.3. The molecule has 5 nitrogen and oxygen atoms in total. The molecule has 108 valence electrons. The minimum absolute atomic E-state index is 0.0994. The minimum atomic E-state index is -0.496. The van der Waals surface area contributed by atoms with E-state index in [1.165, 1.54) is 25.5 Å². The summed E-state index contributed by atoms with van der Waals surface area (Å²) in [6.45, 7) is 0. The zero-order valence-electron chi connectivity index (χ0n) is 11.2. The summed E-state index contributed by atoms with van der Waals surface area (Å²) in [4.78, 5) is 11.8. The lowest BCUT2D eigenvalue weighted by Gasteiger charge is -2.03. The topological polar surface area (TPSA) is 70.9 Å². The van der Waals surface area contributed by atoms with Crippen LogP contribution in [0.5, 0.6) is 11.5 Å². The highest BCUT2D eigenvalue weighted by Crippen LogP contribution is 2.24. The number of para-hydroxylation sites is 1. The van der Waals surface area contributed by atoms with Crippen molar-refractivity contribution in [1.29, 1.82) is 0 Å². The Labute approximate surface area is 126 Å². The fourth-order valence-corrected chi connectivity index (χ4v) is 1.92. The van der Waals surface area contributed by atoms with Crippen molar-refractivity contribution in [3.63, 3.8) is 0 Å². The fraction of sp³-hybridized carbons (Fsp3) is 0.0667. The van der Waals surface area contributed by atoms with Gasteiger partial charge in [0.15, 0.2) is 0 Å². The van der Waals surface area contributed by atoms with Crippen LogP contribution in [-0.4, -0.2) is 24.3 Å². The van der Waals surface area contributed by atoms with Gasteiger partial charge in [0.05, 0.1) is 23.9 Å². The number of hydrogen-bond acceptors (Lipinski definition) is 4. The molecule has 0 aliphatic heterocycles. The van der Waals surface area contributed by atoms with E-state index in [0.29, 0.717) is 16.3 Å². The summed E-state index contributed by atoms with van der Waals surface area (Å²) in [5.74, 6) is -0.0336. The second-order valence-electron chi connectivity index (χ2n) is 4.11. The van der Waals surface area contributed by atoms with E-state index in [4.69, 9.17) is 16.3 Å². The monoisotopic (exact) mass is 304 g/mol. The van der Waals surface area contributed by atoms with E-state index in [9.17, 15) is 9.90 Å². The number of carbonyl (C=O) groups is 1. The Morgan fingerprint density at radius 1 is 1.33 bits per heavy atom. The Morgan fingerprint density at radius 2 is 2.10 bits per heavy atom. The first-order valence-corrected chi connectivity index (χ1v) is 6.44. The van der Waals surface area contributed by atoms with Crippen molar-refractivity contribution in [2.75, 3.05) is 7.11 Å². The summed E-state index contributed by atoms with van der Waals surface area (Å²) < 4.78 is 5.04. The van der Waals surface area contributed by atoms with Gasteiger partial charge in [-0.2, -0.15) is 5.10 Å². The Morgan fingerprint density at radius 3 is 2.76 bits per heavy atom. The average Bonchev–Trinajstić information content (AvgIpc) is 2.48. The van der Waals surface area contributed by atoms with Gasteiger partial charge in [0.1, 0.15) is 11.5 Å². The van der Waals surface area contributed by atoms with E-state index in [1.807, 2.05) is 0 Å². The van der Waals surface area contributed by atoms with Crippen molar-refractivity contribution in [1.82, 2.24) is 5.43 Å². The van der Waals surface area contributed by atoms with E-state index in [2.05, 4.69) is 10.5 Å². The van der Waals surface area contributed by atoms with Crippen molar-refractivity contribution in [3.05, 3.63) is 58.6 Å². The van der Waals surface area contributed by atoms with Gasteiger partial charge in [-0.3, -0.25) is 4.79 Å². The Kier molecular flexibility index (Phi) is 4.79. The maximum atomic E-state index is 11.8. The van der Waals surface area contributed by atoms with E-state index < -0.39 is 5.91 Å². The van der Waals surface area contributed by atoms with Crippen LogP contribution in [0.1, 0.15) is 15.9 Å². The van der Waals surface area contributed by atoms with Crippen LogP contribution in [0, 0.1) is 0 Å². The third-order valence-electron chi connectivity index (χ3n) is 2.70. The highest BCUT2D eigenvalue weighted by molar-refractivity contribution is 6.32. The maximum Gasteiger partial charge on any atom is 0.275 e. The second-order valence-corrected chi connectivity index (χ2v) is 4.52. The van der Waals surface area contributed by atoms with Crippen LogP contribution in [0.2, 0.25) is 5.02 Å². The number of hydrazone groups is 1. The average molecular weight is 305 g/mol. The van der Waals surface area contributed by atoms with E-state index in [0.717, 1.165) is 0 Å². The van der Waals surface area contributed by atoms with Crippen LogP contribution >= 0.6 is 11.6 Å². The largest absolute Gasteiger partial charge is 0.507 e. The van der Waals surface area contributed by atoms with Gasteiger partial charge in [-0.15, -0.1) is 0 Å². The first kappa shape index (κ1) is 14.9. The van der Waals surface area contributed by atoms with Gasteiger partial charge in [-0.1, -0.05) is 23.7 Å². The zero-order chi connectivity index (χ0) is 15.2. The molecule has 0 saturated heterocycles. The van der Waals surface area contributed by atoms with Gasteiger partial charge < -0.3 is 9.84 Å². The summed E-state index contributed by atoms with van der Waals surface area (Å²) >= 11 is 5.98. The number of hydrogen-bond donors (Lipinski definition) is 2. The van der Waals surface area contributed by atoms with Crippen LogP contribution in [0.15, 0.2) is 47.6 Å². The molecule has 0 saturated carbocycles. The standard InChI is InChI=1S/C15H13ClN2O3/c1-21-14-7-6-10(8-12(14)16)9-17-18-15(20)11-4-2-3-5-13(11)19/h2-9,19H,1H3,(H,18,20)/b17-9+. The Balaban J connectivity index is 2.04. The highest BCUT2D eigenvalue weighted by Gasteiger charge is 2.08. The Hall–Kier alpha value is -2.53. The lowest BCUT2D eigenvalue weighted by atomic mass is 10.2. The number of amides is 1. The quantitative estimate of drug-likeness (QED) is 0.674. The molecule has 0 spiro atoms. The van der Waals surface area contributed by atoms with E-state index >= 15 is 0 Å². The van der Waals surface area contributed by atoms with Crippen LogP contribution in [-0.2, 0) is 0 Å². The Bertz CT molecular complexity index is 686. The predicted molar refractivity (Wildman–Crippen MR) is 81.2 cm³/mol. The molecule has 0 unspecified atom stereocenters. The molecule has 2 aromatic carbocycles. The van der Waals surface area contributed by atoms with E-state index in [1.54, 1.807) is 30.3 Å². The smallest absolute Gasteiger partial charge is 0.275 e. The second kappa shape index (κ2) is 6.76. The van der Waals surface area contributed by atoms with Crippen molar-refractivity contribution in [3.8, 4) is 11.5 Å².